The molecule has 0 radical (unpaired) electrons. The van der Waals surface area contributed by atoms with Gasteiger partial charge >= 0.3 is 0 Å². The molecule has 1 aromatic heterocycles. The van der Waals surface area contributed by atoms with Crippen LogP contribution in [0.15, 0.2) is 29.4 Å². The topological polar surface area (TPSA) is 95.1 Å². The Balaban J connectivity index is 2.33. The second-order valence-corrected chi connectivity index (χ2v) is 5.90. The third kappa shape index (κ3) is 2.99. The Labute approximate surface area is 115 Å². The quantitative estimate of drug-likeness (QED) is 0.754. The van der Waals surface area contributed by atoms with Crippen molar-refractivity contribution in [3.05, 3.63) is 35.2 Å². The number of aromatic nitrogens is 2. The average Bonchev–Trinajstić information content (AvgIpc) is 2.83. The van der Waals surface area contributed by atoms with Gasteiger partial charge in [-0.15, -0.1) is 0 Å². The van der Waals surface area contributed by atoms with Crippen molar-refractivity contribution in [2.24, 2.45) is 0 Å². The summed E-state index contributed by atoms with van der Waals surface area (Å²) in [5, 5.41) is 9.83. The minimum absolute atomic E-state index is 0.0140. The zero-order valence-electron chi connectivity index (χ0n) is 10.0. The summed E-state index contributed by atoms with van der Waals surface area (Å²) in [7, 11) is -3.83. The number of halogens is 1. The zero-order valence-corrected chi connectivity index (χ0v) is 11.6. The van der Waals surface area contributed by atoms with E-state index in [0.717, 1.165) is 0 Å². The SMILES string of the molecule is CCc1ncc(S(=O)(=O)Nc2cc(Cl)ccc2O)[nH]1. The van der Waals surface area contributed by atoms with Gasteiger partial charge < -0.3 is 10.1 Å². The van der Waals surface area contributed by atoms with E-state index in [1.54, 1.807) is 0 Å². The van der Waals surface area contributed by atoms with Crippen LogP contribution in [-0.4, -0.2) is 23.5 Å². The Hall–Kier alpha value is -1.73. The van der Waals surface area contributed by atoms with Crippen LogP contribution in [0.2, 0.25) is 5.02 Å². The maximum absolute atomic E-state index is 12.1. The number of benzene rings is 1. The maximum atomic E-state index is 12.1. The molecule has 0 aliphatic heterocycles. The molecular formula is C11H12ClN3O3S. The van der Waals surface area contributed by atoms with Gasteiger partial charge in [0, 0.05) is 11.4 Å². The molecule has 0 spiro atoms. The van der Waals surface area contributed by atoms with Gasteiger partial charge in [0.05, 0.1) is 11.9 Å². The summed E-state index contributed by atoms with van der Waals surface area (Å²) < 4.78 is 26.4. The van der Waals surface area contributed by atoms with E-state index >= 15 is 0 Å². The number of aryl methyl sites for hydroxylation is 1. The van der Waals surface area contributed by atoms with Crippen molar-refractivity contribution in [3.63, 3.8) is 0 Å². The third-order valence-corrected chi connectivity index (χ3v) is 3.94. The molecule has 1 aromatic carbocycles. The molecular weight excluding hydrogens is 290 g/mol. The standard InChI is InChI=1S/C11H12ClN3O3S/c1-2-10-13-6-11(14-10)19(17,18)15-8-5-7(12)3-4-9(8)16/h3-6,15-16H,2H2,1H3,(H,13,14). The van der Waals surface area contributed by atoms with Crippen LogP contribution in [0.1, 0.15) is 12.7 Å². The minimum Gasteiger partial charge on any atom is -0.506 e. The molecule has 3 N–H and O–H groups in total. The number of aromatic hydroxyl groups is 1. The first-order valence-electron chi connectivity index (χ1n) is 5.47. The molecule has 0 saturated carbocycles. The van der Waals surface area contributed by atoms with Crippen molar-refractivity contribution in [1.29, 1.82) is 0 Å². The van der Waals surface area contributed by atoms with E-state index in [0.29, 0.717) is 17.3 Å². The zero-order chi connectivity index (χ0) is 14.0. The predicted octanol–water partition coefficient (Wildman–Crippen LogP) is 2.13. The maximum Gasteiger partial charge on any atom is 0.279 e. The molecule has 2 rings (SSSR count). The second kappa shape index (κ2) is 5.10. The van der Waals surface area contributed by atoms with Crippen molar-refractivity contribution >= 4 is 27.3 Å². The van der Waals surface area contributed by atoms with Crippen LogP contribution >= 0.6 is 11.6 Å². The highest BCUT2D eigenvalue weighted by atomic mass is 35.5. The number of sulfonamides is 1. The normalized spacial score (nSPS) is 11.5. The van der Waals surface area contributed by atoms with E-state index in [2.05, 4.69) is 14.7 Å². The summed E-state index contributed by atoms with van der Waals surface area (Å²) >= 11 is 5.75. The number of imidazole rings is 1. The van der Waals surface area contributed by atoms with E-state index in [1.165, 1.54) is 24.4 Å². The monoisotopic (exact) mass is 301 g/mol. The number of hydrogen-bond donors (Lipinski definition) is 3. The van der Waals surface area contributed by atoms with Crippen LogP contribution in [-0.2, 0) is 16.4 Å². The summed E-state index contributed by atoms with van der Waals surface area (Å²) in [5.41, 5.74) is 0.0140. The summed E-state index contributed by atoms with van der Waals surface area (Å²) in [4.78, 5) is 6.60. The molecule has 0 bridgehead atoms. The summed E-state index contributed by atoms with van der Waals surface area (Å²) in [6, 6.07) is 4.09. The molecule has 1 heterocycles. The Bertz CT molecular complexity index is 697. The molecule has 0 fully saturated rings. The molecule has 0 atom stereocenters. The number of aromatic amines is 1. The number of nitrogens with one attached hydrogen (secondary N) is 2. The van der Waals surface area contributed by atoms with Gasteiger partial charge in [-0.1, -0.05) is 18.5 Å². The smallest absolute Gasteiger partial charge is 0.279 e. The third-order valence-electron chi connectivity index (χ3n) is 2.43. The van der Waals surface area contributed by atoms with E-state index in [9.17, 15) is 13.5 Å². The molecule has 6 nitrogen and oxygen atoms in total. The molecule has 0 aliphatic carbocycles. The summed E-state index contributed by atoms with van der Waals surface area (Å²) in [6.07, 6.45) is 1.82. The van der Waals surface area contributed by atoms with Gasteiger partial charge in [0.2, 0.25) is 0 Å². The van der Waals surface area contributed by atoms with Crippen molar-refractivity contribution in [1.82, 2.24) is 9.97 Å². The minimum atomic E-state index is -3.83. The van der Waals surface area contributed by atoms with Crippen molar-refractivity contribution in [2.75, 3.05) is 4.72 Å². The van der Waals surface area contributed by atoms with Gasteiger partial charge in [0.1, 0.15) is 11.6 Å². The van der Waals surface area contributed by atoms with Crippen LogP contribution in [0.5, 0.6) is 5.75 Å². The highest BCUT2D eigenvalue weighted by Crippen LogP contribution is 2.28. The lowest BCUT2D eigenvalue weighted by Gasteiger charge is -2.08. The number of phenols is 1. The van der Waals surface area contributed by atoms with E-state index in [4.69, 9.17) is 11.6 Å². The highest BCUT2D eigenvalue weighted by Gasteiger charge is 2.18. The number of rotatable bonds is 4. The van der Waals surface area contributed by atoms with Crippen LogP contribution in [0.4, 0.5) is 5.69 Å². The fourth-order valence-corrected chi connectivity index (χ4v) is 2.63. The molecule has 19 heavy (non-hydrogen) atoms. The number of nitrogens with zero attached hydrogens (tertiary/aromatic N) is 1. The van der Waals surface area contributed by atoms with Crippen molar-refractivity contribution < 1.29 is 13.5 Å². The van der Waals surface area contributed by atoms with Crippen LogP contribution in [0.25, 0.3) is 0 Å². The predicted molar refractivity (Wildman–Crippen MR) is 71.9 cm³/mol. The van der Waals surface area contributed by atoms with Crippen molar-refractivity contribution in [3.8, 4) is 5.75 Å². The molecule has 0 aliphatic rings. The Morgan fingerprint density at radius 2 is 2.21 bits per heavy atom. The molecule has 0 saturated heterocycles. The summed E-state index contributed by atoms with van der Waals surface area (Å²) in [5.74, 6) is 0.360. The fourth-order valence-electron chi connectivity index (χ4n) is 1.45. The van der Waals surface area contributed by atoms with E-state index in [-0.39, 0.29) is 16.5 Å². The first-order chi connectivity index (χ1) is 8.92. The number of hydrogen-bond acceptors (Lipinski definition) is 4. The fraction of sp³-hybridized carbons (Fsp3) is 0.182. The number of phenolic OH excluding ortho intramolecular Hbond substituents is 1. The lowest BCUT2D eigenvalue weighted by Crippen LogP contribution is -2.13. The van der Waals surface area contributed by atoms with Gasteiger partial charge in [-0.2, -0.15) is 8.42 Å². The molecule has 2 aromatic rings. The van der Waals surface area contributed by atoms with E-state index < -0.39 is 10.0 Å². The van der Waals surface area contributed by atoms with Crippen molar-refractivity contribution in [2.45, 2.75) is 18.4 Å². The van der Waals surface area contributed by atoms with Crippen LogP contribution in [0.3, 0.4) is 0 Å². The Morgan fingerprint density at radius 1 is 1.47 bits per heavy atom. The lowest BCUT2D eigenvalue weighted by atomic mass is 10.3. The summed E-state index contributed by atoms with van der Waals surface area (Å²) in [6.45, 7) is 1.85. The Morgan fingerprint density at radius 3 is 2.84 bits per heavy atom. The first kappa shape index (κ1) is 13.7. The van der Waals surface area contributed by atoms with Gasteiger partial charge in [-0.05, 0) is 18.2 Å². The van der Waals surface area contributed by atoms with Crippen LogP contribution in [0, 0.1) is 0 Å². The second-order valence-electron chi connectivity index (χ2n) is 3.81. The molecule has 8 heteroatoms. The lowest BCUT2D eigenvalue weighted by molar-refractivity contribution is 0.477. The van der Waals surface area contributed by atoms with Crippen LogP contribution < -0.4 is 4.72 Å². The molecule has 0 amide bonds. The van der Waals surface area contributed by atoms with Gasteiger partial charge in [-0.3, -0.25) is 4.72 Å². The average molecular weight is 302 g/mol. The van der Waals surface area contributed by atoms with E-state index in [1.807, 2.05) is 6.92 Å². The highest BCUT2D eigenvalue weighted by molar-refractivity contribution is 7.92. The first-order valence-corrected chi connectivity index (χ1v) is 7.33. The van der Waals surface area contributed by atoms with Gasteiger partial charge in [-0.25, -0.2) is 4.98 Å². The molecule has 102 valence electrons. The Kier molecular flexibility index (Phi) is 3.68. The van der Waals surface area contributed by atoms with Gasteiger partial charge in [0.25, 0.3) is 10.0 Å². The largest absolute Gasteiger partial charge is 0.506 e. The molecule has 0 unspecified atom stereocenters. The van der Waals surface area contributed by atoms with Gasteiger partial charge in [0.15, 0.2) is 5.03 Å². The number of anilines is 1. The number of H-pyrrole nitrogens is 1.